The summed E-state index contributed by atoms with van der Waals surface area (Å²) in [6.45, 7) is 0. The van der Waals surface area contributed by atoms with Crippen LogP contribution in [0, 0.1) is 0 Å². The number of hydrogen-bond acceptors (Lipinski definition) is 1. The molecule has 0 spiro atoms. The van der Waals surface area contributed by atoms with Gasteiger partial charge < -0.3 is 0 Å². The van der Waals surface area contributed by atoms with Crippen molar-refractivity contribution in [1.82, 2.24) is 0 Å². The number of fused-ring (bicyclic) bond motifs is 4. The molecule has 0 atom stereocenters. The minimum Gasteiger partial charge on any atom is -0.289 e. The van der Waals surface area contributed by atoms with Crippen LogP contribution < -0.4 is 0 Å². The maximum atomic E-state index is 12.8. The van der Waals surface area contributed by atoms with Gasteiger partial charge in [0.1, 0.15) is 0 Å². The average molecular weight is 258 g/mol. The summed E-state index contributed by atoms with van der Waals surface area (Å²) in [4.78, 5) is 12.8. The van der Waals surface area contributed by atoms with E-state index >= 15 is 0 Å². The van der Waals surface area contributed by atoms with Crippen molar-refractivity contribution in [1.29, 1.82) is 0 Å². The molecule has 0 radical (unpaired) electrons. The number of benzene rings is 3. The molecule has 1 heteroatoms. The van der Waals surface area contributed by atoms with Gasteiger partial charge in [-0.1, -0.05) is 60.7 Å². The number of carbonyl (C=O) groups excluding carboxylic acids is 1. The highest BCUT2D eigenvalue weighted by atomic mass is 16.1. The molecule has 0 fully saturated rings. The van der Waals surface area contributed by atoms with Gasteiger partial charge in [0.15, 0.2) is 5.78 Å². The highest BCUT2D eigenvalue weighted by Crippen LogP contribution is 2.29. The first-order valence-corrected chi connectivity index (χ1v) is 6.98. The van der Waals surface area contributed by atoms with Crippen molar-refractivity contribution in [3.05, 3.63) is 82.9 Å². The van der Waals surface area contributed by atoms with Crippen molar-refractivity contribution in [3.63, 3.8) is 0 Å². The van der Waals surface area contributed by atoms with E-state index in [0.717, 1.165) is 29.5 Å². The van der Waals surface area contributed by atoms with E-state index in [-0.39, 0.29) is 5.78 Å². The highest BCUT2D eigenvalue weighted by molar-refractivity contribution is 6.13. The zero-order chi connectivity index (χ0) is 13.5. The molecule has 0 aromatic heterocycles. The van der Waals surface area contributed by atoms with E-state index in [1.54, 1.807) is 0 Å². The van der Waals surface area contributed by atoms with E-state index in [1.807, 2.05) is 36.4 Å². The fourth-order valence-electron chi connectivity index (χ4n) is 3.18. The Morgan fingerprint density at radius 2 is 1.50 bits per heavy atom. The molecule has 3 aromatic rings. The fraction of sp³-hybridized carbons (Fsp3) is 0.105. The van der Waals surface area contributed by atoms with Crippen molar-refractivity contribution in [2.45, 2.75) is 12.8 Å². The average Bonchev–Trinajstić information content (AvgIpc) is 2.65. The van der Waals surface area contributed by atoms with Crippen LogP contribution in [0.2, 0.25) is 0 Å². The van der Waals surface area contributed by atoms with Crippen LogP contribution in [0.15, 0.2) is 60.7 Å². The molecule has 0 saturated carbocycles. The summed E-state index contributed by atoms with van der Waals surface area (Å²) in [5.41, 5.74) is 4.09. The maximum absolute atomic E-state index is 12.8. The summed E-state index contributed by atoms with van der Waals surface area (Å²) in [7, 11) is 0. The molecule has 1 nitrogen and oxygen atoms in total. The molecule has 0 N–H and O–H groups in total. The van der Waals surface area contributed by atoms with Gasteiger partial charge in [-0.3, -0.25) is 4.79 Å². The molecule has 3 aromatic carbocycles. The summed E-state index contributed by atoms with van der Waals surface area (Å²) >= 11 is 0. The molecular formula is C19H14O. The molecule has 1 aliphatic carbocycles. The van der Waals surface area contributed by atoms with E-state index in [4.69, 9.17) is 0 Å². The van der Waals surface area contributed by atoms with Gasteiger partial charge in [-0.05, 0) is 34.7 Å². The van der Waals surface area contributed by atoms with Gasteiger partial charge >= 0.3 is 0 Å². The number of ketones is 1. The van der Waals surface area contributed by atoms with Gasteiger partial charge in [0.25, 0.3) is 0 Å². The van der Waals surface area contributed by atoms with Crippen LogP contribution >= 0.6 is 0 Å². The summed E-state index contributed by atoms with van der Waals surface area (Å²) in [6, 6.07) is 20.3. The SMILES string of the molecule is O=C1c2ccccc2CCc2c1ccc1ccccc21. The van der Waals surface area contributed by atoms with Crippen molar-refractivity contribution in [2.75, 3.05) is 0 Å². The predicted molar refractivity (Wildman–Crippen MR) is 81.2 cm³/mol. The molecule has 0 unspecified atom stereocenters. The van der Waals surface area contributed by atoms with Crippen LogP contribution in [0.1, 0.15) is 27.0 Å². The summed E-state index contributed by atoms with van der Waals surface area (Å²) in [6.07, 6.45) is 1.86. The van der Waals surface area contributed by atoms with Gasteiger partial charge in [-0.15, -0.1) is 0 Å². The Balaban J connectivity index is 2.02. The lowest BCUT2D eigenvalue weighted by Gasteiger charge is -2.09. The van der Waals surface area contributed by atoms with Crippen molar-refractivity contribution in [3.8, 4) is 0 Å². The third-order valence-corrected chi connectivity index (χ3v) is 4.19. The quantitative estimate of drug-likeness (QED) is 0.591. The second-order valence-electron chi connectivity index (χ2n) is 5.30. The summed E-state index contributed by atoms with van der Waals surface area (Å²) < 4.78 is 0. The van der Waals surface area contributed by atoms with Gasteiger partial charge in [-0.25, -0.2) is 0 Å². The highest BCUT2D eigenvalue weighted by Gasteiger charge is 2.21. The zero-order valence-electron chi connectivity index (χ0n) is 11.1. The molecule has 20 heavy (non-hydrogen) atoms. The van der Waals surface area contributed by atoms with Crippen LogP contribution in [0.25, 0.3) is 10.8 Å². The Labute approximate surface area is 117 Å². The molecular weight excluding hydrogens is 244 g/mol. The monoisotopic (exact) mass is 258 g/mol. The number of hydrogen-bond donors (Lipinski definition) is 0. The smallest absolute Gasteiger partial charge is 0.193 e. The van der Waals surface area contributed by atoms with Crippen molar-refractivity contribution >= 4 is 16.6 Å². The lowest BCUT2D eigenvalue weighted by molar-refractivity contribution is 0.103. The molecule has 0 heterocycles. The molecule has 0 aliphatic heterocycles. The predicted octanol–water partition coefficient (Wildman–Crippen LogP) is 4.17. The third kappa shape index (κ3) is 1.60. The van der Waals surface area contributed by atoms with Crippen LogP contribution in [0.4, 0.5) is 0 Å². The molecule has 4 rings (SSSR count). The number of rotatable bonds is 0. The summed E-state index contributed by atoms with van der Waals surface area (Å²) in [5, 5.41) is 2.43. The topological polar surface area (TPSA) is 17.1 Å². The number of aryl methyl sites for hydroxylation is 2. The standard InChI is InChI=1S/C19H14O/c20-19-16-8-4-2-6-14(16)9-11-17-15-7-3-1-5-13(15)10-12-18(17)19/h1-8,10,12H,9,11H2. The normalized spacial score (nSPS) is 13.7. The van der Waals surface area contributed by atoms with Gasteiger partial charge in [0.05, 0.1) is 0 Å². The summed E-state index contributed by atoms with van der Waals surface area (Å²) in [5.74, 6) is 0.166. The minimum absolute atomic E-state index is 0.166. The van der Waals surface area contributed by atoms with Crippen molar-refractivity contribution < 1.29 is 4.79 Å². The van der Waals surface area contributed by atoms with Crippen LogP contribution in [-0.2, 0) is 12.8 Å². The van der Waals surface area contributed by atoms with Crippen molar-refractivity contribution in [2.24, 2.45) is 0 Å². The van der Waals surface area contributed by atoms with E-state index < -0.39 is 0 Å². The Kier molecular flexibility index (Phi) is 2.46. The minimum atomic E-state index is 0.166. The first kappa shape index (κ1) is 11.4. The molecule has 0 amide bonds. The van der Waals surface area contributed by atoms with Crippen LogP contribution in [0.5, 0.6) is 0 Å². The van der Waals surface area contributed by atoms with Gasteiger partial charge in [-0.2, -0.15) is 0 Å². The van der Waals surface area contributed by atoms with E-state index in [2.05, 4.69) is 24.3 Å². The molecule has 0 bridgehead atoms. The Hall–Kier alpha value is -2.41. The second-order valence-corrected chi connectivity index (χ2v) is 5.30. The maximum Gasteiger partial charge on any atom is 0.193 e. The van der Waals surface area contributed by atoms with Crippen LogP contribution in [0.3, 0.4) is 0 Å². The fourth-order valence-corrected chi connectivity index (χ4v) is 3.18. The van der Waals surface area contributed by atoms with E-state index in [9.17, 15) is 4.79 Å². The first-order valence-electron chi connectivity index (χ1n) is 6.98. The Morgan fingerprint density at radius 3 is 2.45 bits per heavy atom. The molecule has 0 saturated heterocycles. The van der Waals surface area contributed by atoms with Crippen LogP contribution in [-0.4, -0.2) is 5.78 Å². The largest absolute Gasteiger partial charge is 0.289 e. The van der Waals surface area contributed by atoms with Gasteiger partial charge in [0, 0.05) is 11.1 Å². The lowest BCUT2D eigenvalue weighted by atomic mass is 9.94. The molecule has 1 aliphatic rings. The third-order valence-electron chi connectivity index (χ3n) is 4.19. The first-order chi connectivity index (χ1) is 9.84. The van der Waals surface area contributed by atoms with E-state index in [0.29, 0.717) is 0 Å². The zero-order valence-corrected chi connectivity index (χ0v) is 11.1. The lowest BCUT2D eigenvalue weighted by Crippen LogP contribution is -2.04. The van der Waals surface area contributed by atoms with Gasteiger partial charge in [0.2, 0.25) is 0 Å². The number of carbonyl (C=O) groups is 1. The molecule has 96 valence electrons. The Bertz CT molecular complexity index is 830. The van der Waals surface area contributed by atoms with E-state index in [1.165, 1.54) is 16.3 Å². The Morgan fingerprint density at radius 1 is 0.700 bits per heavy atom. The second kappa shape index (κ2) is 4.31.